The first-order valence-electron chi connectivity index (χ1n) is 4.46. The van der Waals surface area contributed by atoms with Crippen molar-refractivity contribution in [3.05, 3.63) is 12.4 Å². The number of anilines is 1. The van der Waals surface area contributed by atoms with Crippen LogP contribution in [0.5, 0.6) is 0 Å². The lowest BCUT2D eigenvalue weighted by molar-refractivity contribution is 0.181. The molecule has 1 aromatic heterocycles. The second-order valence-electron chi connectivity index (χ2n) is 4.04. The van der Waals surface area contributed by atoms with Crippen LogP contribution in [0.25, 0.3) is 0 Å². The fourth-order valence-electron chi connectivity index (χ4n) is 1.02. The molecule has 0 spiro atoms. The molecular formula is C9H17N3O. The van der Waals surface area contributed by atoms with Crippen LogP contribution >= 0.6 is 0 Å². The Morgan fingerprint density at radius 3 is 2.54 bits per heavy atom. The first-order valence-corrected chi connectivity index (χ1v) is 4.46. The molecule has 1 N–H and O–H groups in total. The molecule has 0 radical (unpaired) electrons. The fourth-order valence-corrected chi connectivity index (χ4v) is 1.02. The maximum absolute atomic E-state index is 9.75. The molecule has 0 aliphatic heterocycles. The molecule has 0 fully saturated rings. The smallest absolute Gasteiger partial charge is 0.102 e. The molecule has 0 aliphatic carbocycles. The van der Waals surface area contributed by atoms with Crippen LogP contribution in [0.15, 0.2) is 12.4 Å². The van der Waals surface area contributed by atoms with Gasteiger partial charge in [0, 0.05) is 6.54 Å². The van der Waals surface area contributed by atoms with Gasteiger partial charge in [0.05, 0.1) is 17.9 Å². The third-order valence-corrected chi connectivity index (χ3v) is 1.82. The monoisotopic (exact) mass is 183 g/mol. The van der Waals surface area contributed by atoms with E-state index in [1.165, 1.54) is 5.06 Å². The standard InChI is InChI=1S/C9H17N3O/c1-5-11-7-8(6-10-11)12(13)9(2,3)4/h6-7,13H,5H2,1-4H3. The maximum Gasteiger partial charge on any atom is 0.102 e. The Morgan fingerprint density at radius 1 is 1.54 bits per heavy atom. The molecule has 0 aromatic carbocycles. The van der Waals surface area contributed by atoms with Gasteiger partial charge in [-0.05, 0) is 27.7 Å². The van der Waals surface area contributed by atoms with E-state index in [4.69, 9.17) is 0 Å². The Hall–Kier alpha value is -1.03. The first-order chi connectivity index (χ1) is 5.95. The zero-order chi connectivity index (χ0) is 10.1. The molecule has 0 saturated heterocycles. The van der Waals surface area contributed by atoms with Crippen molar-refractivity contribution in [2.24, 2.45) is 0 Å². The van der Waals surface area contributed by atoms with Crippen LogP contribution in [-0.2, 0) is 6.54 Å². The Morgan fingerprint density at radius 2 is 2.15 bits per heavy atom. The summed E-state index contributed by atoms with van der Waals surface area (Å²) in [5.74, 6) is 0. The summed E-state index contributed by atoms with van der Waals surface area (Å²) < 4.78 is 1.78. The Bertz CT molecular complexity index is 275. The van der Waals surface area contributed by atoms with E-state index in [0.717, 1.165) is 12.2 Å². The van der Waals surface area contributed by atoms with Crippen LogP contribution < -0.4 is 5.06 Å². The van der Waals surface area contributed by atoms with Gasteiger partial charge >= 0.3 is 0 Å². The predicted octanol–water partition coefficient (Wildman–Crippen LogP) is 1.90. The van der Waals surface area contributed by atoms with Crippen LogP contribution in [-0.4, -0.2) is 20.5 Å². The quantitative estimate of drug-likeness (QED) is 0.712. The summed E-state index contributed by atoms with van der Waals surface area (Å²) >= 11 is 0. The van der Waals surface area contributed by atoms with E-state index in [-0.39, 0.29) is 5.54 Å². The van der Waals surface area contributed by atoms with Crippen LogP contribution in [0.3, 0.4) is 0 Å². The van der Waals surface area contributed by atoms with Crippen LogP contribution in [0.2, 0.25) is 0 Å². The summed E-state index contributed by atoms with van der Waals surface area (Å²) in [6.07, 6.45) is 3.49. The van der Waals surface area contributed by atoms with Crippen molar-refractivity contribution in [2.75, 3.05) is 5.06 Å². The van der Waals surface area contributed by atoms with Gasteiger partial charge in [-0.25, -0.2) is 5.06 Å². The average molecular weight is 183 g/mol. The molecule has 4 nitrogen and oxygen atoms in total. The molecule has 1 aromatic rings. The average Bonchev–Trinajstić information content (AvgIpc) is 2.48. The second kappa shape index (κ2) is 3.38. The number of hydrogen-bond donors (Lipinski definition) is 1. The molecule has 4 heteroatoms. The largest absolute Gasteiger partial charge is 0.288 e. The van der Waals surface area contributed by atoms with E-state index in [1.54, 1.807) is 10.9 Å². The van der Waals surface area contributed by atoms with Crippen molar-refractivity contribution < 1.29 is 5.21 Å². The molecule has 0 unspecified atom stereocenters. The van der Waals surface area contributed by atoms with Crippen LogP contribution in [0.1, 0.15) is 27.7 Å². The first kappa shape index (κ1) is 10.1. The summed E-state index contributed by atoms with van der Waals surface area (Å²) in [7, 11) is 0. The van der Waals surface area contributed by atoms with Crippen molar-refractivity contribution in [3.63, 3.8) is 0 Å². The third kappa shape index (κ3) is 2.21. The molecule has 0 saturated carbocycles. The van der Waals surface area contributed by atoms with Gasteiger partial charge < -0.3 is 0 Å². The highest BCUT2D eigenvalue weighted by molar-refractivity contribution is 5.41. The van der Waals surface area contributed by atoms with Gasteiger partial charge in [-0.2, -0.15) is 5.10 Å². The molecular weight excluding hydrogens is 166 g/mol. The maximum atomic E-state index is 9.75. The molecule has 74 valence electrons. The highest BCUT2D eigenvalue weighted by atomic mass is 16.5. The van der Waals surface area contributed by atoms with Crippen LogP contribution in [0.4, 0.5) is 5.69 Å². The number of hydroxylamine groups is 1. The molecule has 0 amide bonds. The molecule has 0 atom stereocenters. The normalized spacial score (nSPS) is 11.8. The van der Waals surface area contributed by atoms with Crippen molar-refractivity contribution in [3.8, 4) is 0 Å². The third-order valence-electron chi connectivity index (χ3n) is 1.82. The lowest BCUT2D eigenvalue weighted by atomic mass is 10.1. The number of hydrogen-bond acceptors (Lipinski definition) is 3. The molecule has 1 heterocycles. The van der Waals surface area contributed by atoms with Gasteiger partial charge in [0.15, 0.2) is 0 Å². The number of nitrogens with zero attached hydrogens (tertiary/aromatic N) is 3. The van der Waals surface area contributed by atoms with E-state index in [1.807, 2.05) is 33.9 Å². The second-order valence-corrected chi connectivity index (χ2v) is 4.04. The summed E-state index contributed by atoms with van der Waals surface area (Å²) in [6.45, 7) is 8.65. The summed E-state index contributed by atoms with van der Waals surface area (Å²) in [5.41, 5.74) is 0.441. The minimum atomic E-state index is -0.290. The Balaban J connectivity index is 2.83. The van der Waals surface area contributed by atoms with E-state index in [2.05, 4.69) is 5.10 Å². The van der Waals surface area contributed by atoms with E-state index in [9.17, 15) is 5.21 Å². The predicted molar refractivity (Wildman–Crippen MR) is 51.9 cm³/mol. The van der Waals surface area contributed by atoms with Crippen molar-refractivity contribution in [2.45, 2.75) is 39.8 Å². The Kier molecular flexibility index (Phi) is 2.61. The molecule has 0 bridgehead atoms. The van der Waals surface area contributed by atoms with Gasteiger partial charge in [-0.1, -0.05) is 0 Å². The number of aromatic nitrogens is 2. The van der Waals surface area contributed by atoms with Gasteiger partial charge in [0.25, 0.3) is 0 Å². The number of rotatable bonds is 2. The zero-order valence-corrected chi connectivity index (χ0v) is 8.65. The van der Waals surface area contributed by atoms with Crippen LogP contribution in [0, 0.1) is 0 Å². The topological polar surface area (TPSA) is 41.3 Å². The van der Waals surface area contributed by atoms with E-state index in [0.29, 0.717) is 0 Å². The van der Waals surface area contributed by atoms with Crippen molar-refractivity contribution in [1.82, 2.24) is 9.78 Å². The highest BCUT2D eigenvalue weighted by Gasteiger charge is 2.20. The van der Waals surface area contributed by atoms with Gasteiger partial charge in [0.2, 0.25) is 0 Å². The highest BCUT2D eigenvalue weighted by Crippen LogP contribution is 2.20. The van der Waals surface area contributed by atoms with Crippen molar-refractivity contribution >= 4 is 5.69 Å². The zero-order valence-electron chi connectivity index (χ0n) is 8.65. The SMILES string of the molecule is CCn1cc(N(O)C(C)(C)C)cn1. The molecule has 13 heavy (non-hydrogen) atoms. The summed E-state index contributed by atoms with van der Waals surface area (Å²) in [5, 5.41) is 15.1. The minimum absolute atomic E-state index is 0.290. The lowest BCUT2D eigenvalue weighted by Gasteiger charge is -2.29. The van der Waals surface area contributed by atoms with Crippen molar-refractivity contribution in [1.29, 1.82) is 0 Å². The Labute approximate surface area is 78.7 Å². The van der Waals surface area contributed by atoms with E-state index < -0.39 is 0 Å². The molecule has 0 aliphatic rings. The van der Waals surface area contributed by atoms with Gasteiger partial charge in [0.1, 0.15) is 5.69 Å². The summed E-state index contributed by atoms with van der Waals surface area (Å²) in [6, 6.07) is 0. The molecule has 1 rings (SSSR count). The van der Waals surface area contributed by atoms with Gasteiger partial charge in [-0.15, -0.1) is 0 Å². The minimum Gasteiger partial charge on any atom is -0.288 e. The van der Waals surface area contributed by atoms with Gasteiger partial charge in [-0.3, -0.25) is 9.89 Å². The van der Waals surface area contributed by atoms with E-state index >= 15 is 0 Å². The fraction of sp³-hybridized carbons (Fsp3) is 0.667. The summed E-state index contributed by atoms with van der Waals surface area (Å²) in [4.78, 5) is 0. The number of aryl methyl sites for hydroxylation is 1. The lowest BCUT2D eigenvalue weighted by Crippen LogP contribution is -2.38.